The second-order valence-electron chi connectivity index (χ2n) is 3.83. The van der Waals surface area contributed by atoms with Gasteiger partial charge in [-0.3, -0.25) is 4.79 Å². The molecule has 74 valence electrons. The van der Waals surface area contributed by atoms with Gasteiger partial charge >= 0.3 is 0 Å². The van der Waals surface area contributed by atoms with Gasteiger partial charge < -0.3 is 5.73 Å². The van der Waals surface area contributed by atoms with E-state index in [9.17, 15) is 9.18 Å². The normalized spacial score (nSPS) is 17.9. The average Bonchev–Trinajstić information content (AvgIpc) is 2.98. The topological polar surface area (TPSA) is 43.1 Å². The van der Waals surface area contributed by atoms with E-state index in [1.165, 1.54) is 18.2 Å². The van der Waals surface area contributed by atoms with E-state index in [2.05, 4.69) is 0 Å². The molecule has 0 aromatic heterocycles. The Bertz CT molecular complexity index is 372. The Kier molecular flexibility index (Phi) is 2.11. The van der Waals surface area contributed by atoms with E-state index in [4.69, 9.17) is 5.73 Å². The molecule has 3 heteroatoms. The van der Waals surface area contributed by atoms with Gasteiger partial charge in [0.15, 0.2) is 0 Å². The van der Waals surface area contributed by atoms with Crippen molar-refractivity contribution in [1.29, 1.82) is 0 Å². The average molecular weight is 193 g/mol. The van der Waals surface area contributed by atoms with Gasteiger partial charge in [-0.15, -0.1) is 0 Å². The van der Waals surface area contributed by atoms with E-state index < -0.39 is 0 Å². The summed E-state index contributed by atoms with van der Waals surface area (Å²) < 4.78 is 13.0. The molecule has 1 fully saturated rings. The molecule has 1 aromatic rings. The molecular weight excluding hydrogens is 181 g/mol. The number of benzene rings is 1. The summed E-state index contributed by atoms with van der Waals surface area (Å²) in [5.41, 5.74) is 6.85. The number of halogens is 1. The predicted octanol–water partition coefficient (Wildman–Crippen LogP) is 1.63. The second kappa shape index (κ2) is 3.17. The van der Waals surface area contributed by atoms with Gasteiger partial charge in [0.05, 0.1) is 0 Å². The molecule has 2 nitrogen and oxygen atoms in total. The molecule has 1 aromatic carbocycles. The molecule has 1 aliphatic rings. The number of aldehydes is 1. The molecule has 1 saturated carbocycles. The molecule has 0 aliphatic heterocycles. The maximum atomic E-state index is 13.0. The van der Waals surface area contributed by atoms with Gasteiger partial charge in [-0.2, -0.15) is 0 Å². The van der Waals surface area contributed by atoms with Crippen molar-refractivity contribution in [3.05, 3.63) is 35.1 Å². The Morgan fingerprint density at radius 1 is 1.50 bits per heavy atom. The zero-order valence-electron chi connectivity index (χ0n) is 7.79. The van der Waals surface area contributed by atoms with Crippen LogP contribution in [0.5, 0.6) is 0 Å². The molecular formula is C11H12FNO. The highest BCUT2D eigenvalue weighted by Crippen LogP contribution is 2.48. The summed E-state index contributed by atoms with van der Waals surface area (Å²) in [7, 11) is 0. The van der Waals surface area contributed by atoms with Crippen molar-refractivity contribution >= 4 is 6.29 Å². The lowest BCUT2D eigenvalue weighted by Gasteiger charge is -2.14. The summed E-state index contributed by atoms with van der Waals surface area (Å²) in [5, 5.41) is 0. The summed E-state index contributed by atoms with van der Waals surface area (Å²) in [6, 6.07) is 4.26. The molecule has 2 N–H and O–H groups in total. The van der Waals surface area contributed by atoms with Gasteiger partial charge in [0.25, 0.3) is 0 Å². The highest BCUT2D eigenvalue weighted by Gasteiger charge is 2.44. The summed E-state index contributed by atoms with van der Waals surface area (Å²) in [6.07, 6.45) is 2.67. The fourth-order valence-corrected chi connectivity index (χ4v) is 1.82. The van der Waals surface area contributed by atoms with Crippen LogP contribution in [0.25, 0.3) is 0 Å². The number of hydrogen-bond acceptors (Lipinski definition) is 2. The van der Waals surface area contributed by atoms with E-state index in [1.54, 1.807) is 0 Å². The fourth-order valence-electron chi connectivity index (χ4n) is 1.82. The Hall–Kier alpha value is -1.22. The van der Waals surface area contributed by atoms with Gasteiger partial charge in [0.2, 0.25) is 0 Å². The lowest BCUT2D eigenvalue weighted by atomic mass is 9.92. The summed E-state index contributed by atoms with van der Waals surface area (Å²) in [4.78, 5) is 10.8. The minimum atomic E-state index is -0.301. The quantitative estimate of drug-likeness (QED) is 0.741. The predicted molar refractivity (Wildman–Crippen MR) is 51.8 cm³/mol. The van der Waals surface area contributed by atoms with Crippen LogP contribution in [0.1, 0.15) is 28.8 Å². The van der Waals surface area contributed by atoms with Crippen LogP contribution < -0.4 is 5.73 Å². The third-order valence-corrected chi connectivity index (χ3v) is 2.96. The van der Waals surface area contributed by atoms with Crippen LogP contribution >= 0.6 is 0 Å². The van der Waals surface area contributed by atoms with E-state index in [-0.39, 0.29) is 11.2 Å². The van der Waals surface area contributed by atoms with E-state index >= 15 is 0 Å². The number of nitrogens with two attached hydrogens (primary N) is 1. The molecule has 14 heavy (non-hydrogen) atoms. The zero-order valence-corrected chi connectivity index (χ0v) is 7.79. The molecule has 1 aliphatic carbocycles. The molecule has 0 amide bonds. The zero-order chi connectivity index (χ0) is 10.2. The first-order valence-corrected chi connectivity index (χ1v) is 4.67. The largest absolute Gasteiger partial charge is 0.330 e. The Morgan fingerprint density at radius 2 is 2.21 bits per heavy atom. The molecule has 0 heterocycles. The van der Waals surface area contributed by atoms with Crippen LogP contribution in [-0.4, -0.2) is 12.8 Å². The van der Waals surface area contributed by atoms with Crippen molar-refractivity contribution in [2.24, 2.45) is 5.73 Å². The van der Waals surface area contributed by atoms with Crippen LogP contribution in [0, 0.1) is 5.82 Å². The first-order chi connectivity index (χ1) is 6.72. The maximum Gasteiger partial charge on any atom is 0.150 e. The van der Waals surface area contributed by atoms with E-state index in [1.807, 2.05) is 0 Å². The molecule has 0 unspecified atom stereocenters. The van der Waals surface area contributed by atoms with Crippen molar-refractivity contribution in [3.63, 3.8) is 0 Å². The molecule has 0 atom stereocenters. The van der Waals surface area contributed by atoms with Gasteiger partial charge in [0.1, 0.15) is 12.1 Å². The Labute approximate surface area is 81.9 Å². The minimum absolute atomic E-state index is 0.127. The second-order valence-corrected chi connectivity index (χ2v) is 3.83. The van der Waals surface area contributed by atoms with Crippen LogP contribution in [-0.2, 0) is 5.41 Å². The Balaban J connectivity index is 2.49. The first kappa shape index (κ1) is 9.34. The highest BCUT2D eigenvalue weighted by atomic mass is 19.1. The monoisotopic (exact) mass is 193 g/mol. The van der Waals surface area contributed by atoms with Crippen LogP contribution in [0.15, 0.2) is 18.2 Å². The van der Waals surface area contributed by atoms with Crippen molar-refractivity contribution in [1.82, 2.24) is 0 Å². The maximum absolute atomic E-state index is 13.0. The van der Waals surface area contributed by atoms with Crippen molar-refractivity contribution in [3.8, 4) is 0 Å². The van der Waals surface area contributed by atoms with Crippen LogP contribution in [0.3, 0.4) is 0 Å². The van der Waals surface area contributed by atoms with E-state index in [0.717, 1.165) is 24.7 Å². The van der Waals surface area contributed by atoms with Gasteiger partial charge in [0, 0.05) is 17.5 Å². The molecule has 0 bridgehead atoms. The summed E-state index contributed by atoms with van der Waals surface area (Å²) in [6.45, 7) is 0.483. The first-order valence-electron chi connectivity index (χ1n) is 4.67. The number of carbonyl (C=O) groups is 1. The number of hydrogen-bond donors (Lipinski definition) is 1. The summed E-state index contributed by atoms with van der Waals surface area (Å²) in [5.74, 6) is -0.301. The highest BCUT2D eigenvalue weighted by molar-refractivity contribution is 5.78. The van der Waals surface area contributed by atoms with Crippen LogP contribution in [0.2, 0.25) is 0 Å². The molecule has 0 radical (unpaired) electrons. The third-order valence-electron chi connectivity index (χ3n) is 2.96. The number of carbonyl (C=O) groups excluding carboxylic acids is 1. The van der Waals surface area contributed by atoms with Crippen LogP contribution in [0.4, 0.5) is 4.39 Å². The van der Waals surface area contributed by atoms with Crippen molar-refractivity contribution < 1.29 is 9.18 Å². The Morgan fingerprint density at radius 3 is 2.71 bits per heavy atom. The van der Waals surface area contributed by atoms with Gasteiger partial charge in [-0.25, -0.2) is 4.39 Å². The van der Waals surface area contributed by atoms with Crippen molar-refractivity contribution in [2.45, 2.75) is 18.3 Å². The van der Waals surface area contributed by atoms with E-state index in [0.29, 0.717) is 12.1 Å². The third kappa shape index (κ3) is 1.34. The fraction of sp³-hybridized carbons (Fsp3) is 0.364. The van der Waals surface area contributed by atoms with Gasteiger partial charge in [-0.05, 0) is 36.6 Å². The molecule has 2 rings (SSSR count). The lowest BCUT2D eigenvalue weighted by molar-refractivity contribution is 0.112. The minimum Gasteiger partial charge on any atom is -0.330 e. The van der Waals surface area contributed by atoms with Gasteiger partial charge in [-0.1, -0.05) is 0 Å². The standard InChI is InChI=1S/C11H12FNO/c12-9-2-1-8(6-14)10(5-9)11(7-13)3-4-11/h1-2,5-6H,3-4,7,13H2. The SMILES string of the molecule is NCC1(c2cc(F)ccc2C=O)CC1. The summed E-state index contributed by atoms with van der Waals surface area (Å²) >= 11 is 0. The molecule has 0 saturated heterocycles. The van der Waals surface area contributed by atoms with Crippen molar-refractivity contribution in [2.75, 3.05) is 6.54 Å². The molecule has 0 spiro atoms. The smallest absolute Gasteiger partial charge is 0.150 e. The number of rotatable bonds is 3. The lowest BCUT2D eigenvalue weighted by Crippen LogP contribution is -2.21.